The maximum Gasteiger partial charge on any atom is 0.335 e. The molecule has 1 aliphatic rings. The van der Waals surface area contributed by atoms with Crippen LogP contribution in [0, 0.1) is 0 Å². The van der Waals surface area contributed by atoms with E-state index in [0.29, 0.717) is 11.6 Å². The first-order chi connectivity index (χ1) is 9.74. The summed E-state index contributed by atoms with van der Waals surface area (Å²) in [5.41, 5.74) is 3.62. The summed E-state index contributed by atoms with van der Waals surface area (Å²) in [5.74, 6) is -0.888. The quantitative estimate of drug-likeness (QED) is 0.895. The van der Waals surface area contributed by atoms with Crippen LogP contribution < -0.4 is 5.32 Å². The van der Waals surface area contributed by atoms with E-state index in [0.717, 1.165) is 17.7 Å². The van der Waals surface area contributed by atoms with Crippen LogP contribution in [0.1, 0.15) is 34.8 Å². The molecule has 1 fully saturated rings. The second kappa shape index (κ2) is 5.47. The summed E-state index contributed by atoms with van der Waals surface area (Å²) < 4.78 is 0. The monoisotopic (exact) mass is 267 g/mol. The zero-order valence-corrected chi connectivity index (χ0v) is 11.2. The number of carboxylic acid groups (broad SMARTS) is 1. The molecule has 0 unspecified atom stereocenters. The summed E-state index contributed by atoms with van der Waals surface area (Å²) in [6, 6.07) is 15.9. The van der Waals surface area contributed by atoms with Gasteiger partial charge in [0.25, 0.3) is 0 Å². The van der Waals surface area contributed by atoms with Gasteiger partial charge < -0.3 is 10.4 Å². The van der Waals surface area contributed by atoms with Crippen LogP contribution >= 0.6 is 0 Å². The van der Waals surface area contributed by atoms with Gasteiger partial charge in [-0.15, -0.1) is 0 Å². The molecule has 1 saturated heterocycles. The van der Waals surface area contributed by atoms with Crippen molar-refractivity contribution in [2.75, 3.05) is 6.54 Å². The van der Waals surface area contributed by atoms with Gasteiger partial charge in [-0.25, -0.2) is 4.79 Å². The van der Waals surface area contributed by atoms with Gasteiger partial charge in [0.2, 0.25) is 0 Å². The van der Waals surface area contributed by atoms with Crippen LogP contribution in [0.4, 0.5) is 0 Å². The number of hydrogen-bond acceptors (Lipinski definition) is 2. The van der Waals surface area contributed by atoms with Crippen molar-refractivity contribution in [3.63, 3.8) is 0 Å². The molecular weight excluding hydrogens is 250 g/mol. The molecular formula is C17H17NO2. The lowest BCUT2D eigenvalue weighted by atomic mass is 9.98. The second-order valence-corrected chi connectivity index (χ2v) is 5.16. The first-order valence-corrected chi connectivity index (χ1v) is 6.91. The fraction of sp³-hybridized carbons (Fsp3) is 0.235. The number of carboxylic acids is 1. The molecule has 2 aromatic rings. The van der Waals surface area contributed by atoms with E-state index in [-0.39, 0.29) is 0 Å². The number of nitrogens with one attached hydrogen (secondary N) is 1. The number of carbonyl (C=O) groups is 1. The molecule has 1 atom stereocenters. The molecule has 0 radical (unpaired) electrons. The standard InChI is InChI=1S/C17H17NO2/c19-17(20)15-7-2-5-13(11-15)12-4-1-6-14(10-12)16-8-3-9-18-16/h1-2,4-7,10-11,16,18H,3,8-9H2,(H,19,20)/t16-/m1/s1. The van der Waals surface area contributed by atoms with Crippen molar-refractivity contribution in [2.24, 2.45) is 0 Å². The van der Waals surface area contributed by atoms with Crippen LogP contribution in [0.25, 0.3) is 11.1 Å². The molecule has 0 aromatic heterocycles. The third-order valence-corrected chi connectivity index (χ3v) is 3.79. The van der Waals surface area contributed by atoms with E-state index in [2.05, 4.69) is 17.4 Å². The van der Waals surface area contributed by atoms with Crippen molar-refractivity contribution >= 4 is 5.97 Å². The third kappa shape index (κ3) is 2.58. The Bertz CT molecular complexity index is 630. The predicted molar refractivity (Wildman–Crippen MR) is 78.8 cm³/mol. The van der Waals surface area contributed by atoms with Gasteiger partial charge in [-0.1, -0.05) is 30.3 Å². The molecule has 0 spiro atoms. The minimum atomic E-state index is -0.888. The van der Waals surface area contributed by atoms with Crippen LogP contribution in [-0.2, 0) is 0 Å². The minimum absolute atomic E-state index is 0.326. The smallest absolute Gasteiger partial charge is 0.335 e. The second-order valence-electron chi connectivity index (χ2n) is 5.16. The van der Waals surface area contributed by atoms with Crippen molar-refractivity contribution < 1.29 is 9.90 Å². The summed E-state index contributed by atoms with van der Waals surface area (Å²) in [6.45, 7) is 1.07. The van der Waals surface area contributed by atoms with E-state index in [4.69, 9.17) is 5.11 Å². The normalized spacial score (nSPS) is 18.1. The summed E-state index contributed by atoms with van der Waals surface area (Å²) in [6.07, 6.45) is 2.38. The van der Waals surface area contributed by atoms with Crippen LogP contribution in [0.5, 0.6) is 0 Å². The Hall–Kier alpha value is -2.13. The van der Waals surface area contributed by atoms with Gasteiger partial charge >= 0.3 is 5.97 Å². The van der Waals surface area contributed by atoms with Gasteiger partial charge in [0.15, 0.2) is 0 Å². The Morgan fingerprint density at radius 3 is 2.55 bits per heavy atom. The first kappa shape index (κ1) is 12.9. The Labute approximate surface area is 118 Å². The number of aromatic carboxylic acids is 1. The Morgan fingerprint density at radius 1 is 1.10 bits per heavy atom. The topological polar surface area (TPSA) is 49.3 Å². The van der Waals surface area contributed by atoms with E-state index in [1.165, 1.54) is 18.4 Å². The molecule has 3 heteroatoms. The lowest BCUT2D eigenvalue weighted by Crippen LogP contribution is -2.12. The SMILES string of the molecule is O=C(O)c1cccc(-c2cccc([C@H]3CCCN3)c2)c1. The zero-order chi connectivity index (χ0) is 13.9. The molecule has 0 saturated carbocycles. The number of hydrogen-bond donors (Lipinski definition) is 2. The fourth-order valence-electron chi connectivity index (χ4n) is 2.74. The average molecular weight is 267 g/mol. The molecule has 3 nitrogen and oxygen atoms in total. The molecule has 2 aromatic carbocycles. The largest absolute Gasteiger partial charge is 0.478 e. The number of rotatable bonds is 3. The van der Waals surface area contributed by atoms with Crippen molar-refractivity contribution in [3.8, 4) is 11.1 Å². The van der Waals surface area contributed by atoms with E-state index in [1.54, 1.807) is 18.2 Å². The van der Waals surface area contributed by atoms with Gasteiger partial charge in [0, 0.05) is 6.04 Å². The maximum absolute atomic E-state index is 11.1. The van der Waals surface area contributed by atoms with Crippen LogP contribution in [0.15, 0.2) is 48.5 Å². The van der Waals surface area contributed by atoms with E-state index in [1.807, 2.05) is 18.2 Å². The molecule has 0 amide bonds. The molecule has 0 aliphatic carbocycles. The highest BCUT2D eigenvalue weighted by Gasteiger charge is 2.16. The van der Waals surface area contributed by atoms with Crippen molar-refractivity contribution in [2.45, 2.75) is 18.9 Å². The predicted octanol–water partition coefficient (Wildman–Crippen LogP) is 3.48. The van der Waals surface area contributed by atoms with Gasteiger partial charge in [-0.3, -0.25) is 0 Å². The van der Waals surface area contributed by atoms with Gasteiger partial charge in [-0.05, 0) is 54.3 Å². The molecule has 1 heterocycles. The Balaban J connectivity index is 1.95. The third-order valence-electron chi connectivity index (χ3n) is 3.79. The molecule has 0 bridgehead atoms. The lowest BCUT2D eigenvalue weighted by molar-refractivity contribution is 0.0697. The van der Waals surface area contributed by atoms with Crippen molar-refractivity contribution in [1.82, 2.24) is 5.32 Å². The van der Waals surface area contributed by atoms with E-state index in [9.17, 15) is 4.79 Å². The maximum atomic E-state index is 11.1. The molecule has 20 heavy (non-hydrogen) atoms. The first-order valence-electron chi connectivity index (χ1n) is 6.91. The summed E-state index contributed by atoms with van der Waals surface area (Å²) in [5, 5.41) is 12.6. The summed E-state index contributed by atoms with van der Waals surface area (Å²) >= 11 is 0. The van der Waals surface area contributed by atoms with Crippen LogP contribution in [-0.4, -0.2) is 17.6 Å². The van der Waals surface area contributed by atoms with E-state index >= 15 is 0 Å². The molecule has 3 rings (SSSR count). The highest BCUT2D eigenvalue weighted by Crippen LogP contribution is 2.28. The number of benzene rings is 2. The molecule has 1 aliphatic heterocycles. The van der Waals surface area contributed by atoms with Crippen molar-refractivity contribution in [3.05, 3.63) is 59.7 Å². The van der Waals surface area contributed by atoms with Crippen LogP contribution in [0.2, 0.25) is 0 Å². The van der Waals surface area contributed by atoms with Gasteiger partial charge in [-0.2, -0.15) is 0 Å². The molecule has 102 valence electrons. The summed E-state index contributed by atoms with van der Waals surface area (Å²) in [4.78, 5) is 11.1. The minimum Gasteiger partial charge on any atom is -0.478 e. The highest BCUT2D eigenvalue weighted by atomic mass is 16.4. The Kier molecular flexibility index (Phi) is 3.52. The van der Waals surface area contributed by atoms with Gasteiger partial charge in [0.1, 0.15) is 0 Å². The summed E-state index contributed by atoms with van der Waals surface area (Å²) in [7, 11) is 0. The zero-order valence-electron chi connectivity index (χ0n) is 11.2. The van der Waals surface area contributed by atoms with Gasteiger partial charge in [0.05, 0.1) is 5.56 Å². The Morgan fingerprint density at radius 2 is 1.85 bits per heavy atom. The highest BCUT2D eigenvalue weighted by molar-refractivity contribution is 5.89. The van der Waals surface area contributed by atoms with Crippen LogP contribution in [0.3, 0.4) is 0 Å². The molecule has 2 N–H and O–H groups in total. The van der Waals surface area contributed by atoms with Crippen molar-refractivity contribution in [1.29, 1.82) is 0 Å². The van der Waals surface area contributed by atoms with E-state index < -0.39 is 5.97 Å². The fourth-order valence-corrected chi connectivity index (χ4v) is 2.74. The lowest BCUT2D eigenvalue weighted by Gasteiger charge is -2.12. The average Bonchev–Trinajstić information content (AvgIpc) is 3.02.